The summed E-state index contributed by atoms with van der Waals surface area (Å²) in [5, 5.41) is 1.26. The Morgan fingerprint density at radius 1 is 1.17 bits per heavy atom. The number of hydrogen-bond acceptors (Lipinski definition) is 1. The first-order valence-electron chi connectivity index (χ1n) is 4.47. The van der Waals surface area contributed by atoms with Crippen LogP contribution in [0.5, 0.6) is 0 Å². The fourth-order valence-corrected chi connectivity index (χ4v) is 1.95. The molecule has 1 fully saturated rings. The van der Waals surface area contributed by atoms with Gasteiger partial charge >= 0.3 is 0 Å². The zero-order valence-electron chi connectivity index (χ0n) is 7.09. The molecule has 0 heterocycles. The maximum absolute atomic E-state index is 5.55. The molecule has 0 aromatic heterocycles. The summed E-state index contributed by atoms with van der Waals surface area (Å²) in [5.41, 5.74) is 7.05. The quantitative estimate of drug-likeness (QED) is 0.691. The molecule has 1 aromatic rings. The number of benzene rings is 1. The Hall–Kier alpha value is -0.390. The van der Waals surface area contributed by atoms with Crippen molar-refractivity contribution in [3.05, 3.63) is 29.8 Å². The predicted molar refractivity (Wildman–Crippen MR) is 55.2 cm³/mol. The Balaban J connectivity index is 2.13. The lowest BCUT2D eigenvalue weighted by Gasteiger charge is -2.25. The molecule has 64 valence electrons. The van der Waals surface area contributed by atoms with Crippen molar-refractivity contribution in [3.8, 4) is 0 Å². The van der Waals surface area contributed by atoms with E-state index in [1.54, 1.807) is 0 Å². The third-order valence-corrected chi connectivity index (χ3v) is 3.32. The predicted octanol–water partition coefficient (Wildman–Crippen LogP) is 2.13. The van der Waals surface area contributed by atoms with Crippen LogP contribution >= 0.6 is 8.73 Å². The second-order valence-corrected chi connectivity index (χ2v) is 4.26. The summed E-state index contributed by atoms with van der Waals surface area (Å²) in [6.07, 6.45) is 4.17. The molecule has 1 saturated carbocycles. The Bertz CT molecular complexity index is 251. The van der Waals surface area contributed by atoms with Gasteiger partial charge in [0.1, 0.15) is 0 Å². The summed E-state index contributed by atoms with van der Waals surface area (Å²) in [5.74, 6) is 0.847. The van der Waals surface area contributed by atoms with Crippen molar-refractivity contribution in [1.29, 1.82) is 0 Å². The second-order valence-electron chi connectivity index (χ2n) is 3.39. The molecule has 2 heteroatoms. The van der Waals surface area contributed by atoms with Crippen molar-refractivity contribution < 1.29 is 0 Å². The van der Waals surface area contributed by atoms with Crippen molar-refractivity contribution in [3.63, 3.8) is 0 Å². The van der Waals surface area contributed by atoms with E-state index in [-0.39, 0.29) is 0 Å². The van der Waals surface area contributed by atoms with E-state index in [1.807, 2.05) is 0 Å². The number of rotatable bonds is 2. The van der Waals surface area contributed by atoms with Crippen molar-refractivity contribution >= 4 is 14.0 Å². The molecule has 1 aromatic carbocycles. The first kappa shape index (κ1) is 8.22. The topological polar surface area (TPSA) is 26.0 Å². The lowest BCUT2D eigenvalue weighted by molar-refractivity contribution is 0.420. The van der Waals surface area contributed by atoms with E-state index in [2.05, 4.69) is 24.3 Å². The molecule has 1 atom stereocenters. The fraction of sp³-hybridized carbons (Fsp3) is 0.400. The van der Waals surface area contributed by atoms with Gasteiger partial charge in [-0.05, 0) is 38.4 Å². The molecule has 1 aliphatic rings. The normalized spacial score (nSPS) is 18.4. The standard InChI is InChI=1S/C10H14NP/c11-12-10-6-4-9(5-7-10)8-2-1-3-8/h4-8,12H,1-3,11H2. The first-order chi connectivity index (χ1) is 5.90. The Morgan fingerprint density at radius 3 is 2.25 bits per heavy atom. The van der Waals surface area contributed by atoms with Crippen molar-refractivity contribution in [1.82, 2.24) is 0 Å². The molecule has 1 nitrogen and oxygen atoms in total. The lowest BCUT2D eigenvalue weighted by Crippen LogP contribution is -2.09. The van der Waals surface area contributed by atoms with Crippen LogP contribution < -0.4 is 10.8 Å². The molecule has 2 N–H and O–H groups in total. The van der Waals surface area contributed by atoms with Gasteiger partial charge in [0.15, 0.2) is 0 Å². The van der Waals surface area contributed by atoms with Crippen LogP contribution in [0.25, 0.3) is 0 Å². The van der Waals surface area contributed by atoms with Gasteiger partial charge in [-0.25, -0.2) is 0 Å². The van der Waals surface area contributed by atoms with Gasteiger partial charge in [0.05, 0.1) is 0 Å². The van der Waals surface area contributed by atoms with E-state index in [9.17, 15) is 0 Å². The van der Waals surface area contributed by atoms with E-state index < -0.39 is 0 Å². The minimum Gasteiger partial charge on any atom is -0.308 e. The van der Waals surface area contributed by atoms with Crippen LogP contribution in [0.1, 0.15) is 30.7 Å². The van der Waals surface area contributed by atoms with Crippen molar-refractivity contribution in [2.75, 3.05) is 0 Å². The highest BCUT2D eigenvalue weighted by atomic mass is 31.1. The van der Waals surface area contributed by atoms with E-state index >= 15 is 0 Å². The maximum atomic E-state index is 5.55. The highest BCUT2D eigenvalue weighted by Crippen LogP contribution is 2.35. The SMILES string of the molecule is NPc1ccc(C2CCC2)cc1. The van der Waals surface area contributed by atoms with Crippen LogP contribution in [-0.4, -0.2) is 0 Å². The molecule has 0 amide bonds. The molecular formula is C10H14NP. The van der Waals surface area contributed by atoms with Crippen molar-refractivity contribution in [2.24, 2.45) is 5.50 Å². The van der Waals surface area contributed by atoms with Gasteiger partial charge < -0.3 is 5.50 Å². The molecule has 0 bridgehead atoms. The van der Waals surface area contributed by atoms with Crippen LogP contribution in [-0.2, 0) is 0 Å². The fourth-order valence-electron chi connectivity index (χ4n) is 1.59. The monoisotopic (exact) mass is 179 g/mol. The van der Waals surface area contributed by atoms with Crippen LogP contribution in [0.4, 0.5) is 0 Å². The third-order valence-electron chi connectivity index (χ3n) is 2.65. The maximum Gasteiger partial charge on any atom is -0.0127 e. The minimum atomic E-state index is 0.439. The van der Waals surface area contributed by atoms with Crippen LogP contribution in [0.15, 0.2) is 24.3 Å². The van der Waals surface area contributed by atoms with Crippen LogP contribution in [0.2, 0.25) is 0 Å². The zero-order valence-corrected chi connectivity index (χ0v) is 8.09. The van der Waals surface area contributed by atoms with Gasteiger partial charge in [0.2, 0.25) is 0 Å². The Kier molecular flexibility index (Phi) is 2.43. The summed E-state index contributed by atoms with van der Waals surface area (Å²) >= 11 is 0. The zero-order chi connectivity index (χ0) is 8.39. The van der Waals surface area contributed by atoms with E-state index in [0.29, 0.717) is 8.73 Å². The molecule has 1 aliphatic carbocycles. The summed E-state index contributed by atoms with van der Waals surface area (Å²) < 4.78 is 0. The minimum absolute atomic E-state index is 0.439. The molecule has 0 radical (unpaired) electrons. The summed E-state index contributed by atoms with van der Waals surface area (Å²) in [6, 6.07) is 8.79. The van der Waals surface area contributed by atoms with E-state index in [1.165, 1.54) is 30.1 Å². The molecule has 2 rings (SSSR count). The Labute approximate surface area is 75.2 Å². The van der Waals surface area contributed by atoms with Crippen molar-refractivity contribution in [2.45, 2.75) is 25.2 Å². The highest BCUT2D eigenvalue weighted by Gasteiger charge is 2.18. The smallest absolute Gasteiger partial charge is 0.0127 e. The molecule has 1 unspecified atom stereocenters. The van der Waals surface area contributed by atoms with Gasteiger partial charge in [-0.15, -0.1) is 0 Å². The van der Waals surface area contributed by atoms with Gasteiger partial charge in [-0.3, -0.25) is 0 Å². The Morgan fingerprint density at radius 2 is 1.83 bits per heavy atom. The third kappa shape index (κ3) is 1.53. The average molecular weight is 179 g/mol. The second kappa shape index (κ2) is 3.55. The molecule has 0 spiro atoms. The first-order valence-corrected chi connectivity index (χ1v) is 5.54. The summed E-state index contributed by atoms with van der Waals surface area (Å²) in [4.78, 5) is 0. The average Bonchev–Trinajstić information content (AvgIpc) is 2.03. The summed E-state index contributed by atoms with van der Waals surface area (Å²) in [7, 11) is 0.439. The van der Waals surface area contributed by atoms with Gasteiger partial charge in [-0.1, -0.05) is 30.7 Å². The van der Waals surface area contributed by atoms with Crippen LogP contribution in [0.3, 0.4) is 0 Å². The molecular weight excluding hydrogens is 165 g/mol. The van der Waals surface area contributed by atoms with E-state index in [4.69, 9.17) is 5.50 Å². The largest absolute Gasteiger partial charge is 0.308 e. The van der Waals surface area contributed by atoms with Gasteiger partial charge in [-0.2, -0.15) is 0 Å². The molecule has 0 saturated heterocycles. The molecule has 12 heavy (non-hydrogen) atoms. The van der Waals surface area contributed by atoms with Gasteiger partial charge in [0, 0.05) is 0 Å². The van der Waals surface area contributed by atoms with E-state index in [0.717, 1.165) is 5.92 Å². The molecule has 0 aliphatic heterocycles. The van der Waals surface area contributed by atoms with Crippen LogP contribution in [0, 0.1) is 0 Å². The summed E-state index contributed by atoms with van der Waals surface area (Å²) in [6.45, 7) is 0. The number of nitrogens with two attached hydrogens (primary N) is 1. The highest BCUT2D eigenvalue weighted by molar-refractivity contribution is 7.44. The van der Waals surface area contributed by atoms with Gasteiger partial charge in [0.25, 0.3) is 0 Å². The lowest BCUT2D eigenvalue weighted by atomic mass is 9.80. The number of hydrogen-bond donors (Lipinski definition) is 1.